The quantitative estimate of drug-likeness (QED) is 0.597. The van der Waals surface area contributed by atoms with Crippen LogP contribution in [0.1, 0.15) is 38.7 Å². The molecule has 8 nitrogen and oxygen atoms in total. The van der Waals surface area contributed by atoms with Gasteiger partial charge in [0, 0.05) is 7.05 Å². The Balaban J connectivity index is 1.81. The number of hydrogen-bond donors (Lipinski definition) is 3. The summed E-state index contributed by atoms with van der Waals surface area (Å²) >= 11 is 6.34. The SMILES string of the molecule is CC[C@@H](CO)N1C(=O)[C@@H]2[C@H](C(=O)NC)[C@]3(C)CCC2(O3)C1C(=O)Nc1c(C)cccc1Cl. The number of carbonyl (C=O) groups excluding carboxylic acids is 3. The molecule has 3 saturated heterocycles. The highest BCUT2D eigenvalue weighted by molar-refractivity contribution is 6.34. The minimum atomic E-state index is -1.13. The average molecular weight is 464 g/mol. The van der Waals surface area contributed by atoms with Gasteiger partial charge in [-0.2, -0.15) is 0 Å². The molecule has 0 aromatic heterocycles. The van der Waals surface area contributed by atoms with E-state index in [0.717, 1.165) is 5.56 Å². The third-order valence-corrected chi connectivity index (χ3v) is 7.85. The second kappa shape index (κ2) is 8.01. The van der Waals surface area contributed by atoms with Crippen LogP contribution in [0.4, 0.5) is 5.69 Å². The Kier molecular flexibility index (Phi) is 5.76. The number of fused-ring (bicyclic) bond motifs is 1. The van der Waals surface area contributed by atoms with Gasteiger partial charge in [-0.15, -0.1) is 0 Å². The van der Waals surface area contributed by atoms with Crippen molar-refractivity contribution < 1.29 is 24.2 Å². The van der Waals surface area contributed by atoms with Crippen LogP contribution in [0.25, 0.3) is 0 Å². The third-order valence-electron chi connectivity index (χ3n) is 7.54. The van der Waals surface area contributed by atoms with E-state index in [4.69, 9.17) is 16.3 Å². The fourth-order valence-electron chi connectivity index (χ4n) is 6.01. The zero-order valence-electron chi connectivity index (χ0n) is 18.8. The molecule has 0 radical (unpaired) electrons. The first-order valence-electron chi connectivity index (χ1n) is 11.1. The van der Waals surface area contributed by atoms with Crippen LogP contribution >= 0.6 is 11.6 Å². The minimum absolute atomic E-state index is 0.271. The maximum Gasteiger partial charge on any atom is 0.250 e. The van der Waals surface area contributed by atoms with Gasteiger partial charge < -0.3 is 25.4 Å². The number of anilines is 1. The van der Waals surface area contributed by atoms with Gasteiger partial charge in [0.05, 0.1) is 40.8 Å². The Hall–Kier alpha value is -2.16. The summed E-state index contributed by atoms with van der Waals surface area (Å²) in [7, 11) is 1.54. The second-order valence-corrected chi connectivity index (χ2v) is 9.66. The number of halogens is 1. The van der Waals surface area contributed by atoms with Crippen molar-refractivity contribution in [1.82, 2.24) is 10.2 Å². The molecule has 9 heteroatoms. The van der Waals surface area contributed by atoms with Gasteiger partial charge in [-0.3, -0.25) is 14.4 Å². The molecule has 1 spiro atoms. The number of nitrogens with zero attached hydrogens (tertiary/aromatic N) is 1. The van der Waals surface area contributed by atoms with Gasteiger partial charge in [0.2, 0.25) is 17.7 Å². The van der Waals surface area contributed by atoms with Crippen LogP contribution in [-0.2, 0) is 19.1 Å². The number of hydrogen-bond acceptors (Lipinski definition) is 5. The van der Waals surface area contributed by atoms with Gasteiger partial charge in [-0.1, -0.05) is 30.7 Å². The van der Waals surface area contributed by atoms with E-state index in [-0.39, 0.29) is 18.4 Å². The van der Waals surface area contributed by atoms with E-state index in [1.807, 2.05) is 26.8 Å². The molecule has 1 aromatic carbocycles. The first kappa shape index (κ1) is 23.0. The number of carbonyl (C=O) groups is 3. The molecule has 6 atom stereocenters. The van der Waals surface area contributed by atoms with Crippen molar-refractivity contribution in [2.75, 3.05) is 19.0 Å². The zero-order valence-corrected chi connectivity index (χ0v) is 19.5. The summed E-state index contributed by atoms with van der Waals surface area (Å²) in [5, 5.41) is 16.0. The molecule has 2 unspecified atom stereocenters. The number of para-hydroxylation sites is 1. The lowest BCUT2D eigenvalue weighted by Crippen LogP contribution is -2.56. The topological polar surface area (TPSA) is 108 Å². The summed E-state index contributed by atoms with van der Waals surface area (Å²) in [6.45, 7) is 5.24. The van der Waals surface area contributed by atoms with Gasteiger partial charge >= 0.3 is 0 Å². The fraction of sp³-hybridized carbons (Fsp3) is 0.609. The largest absolute Gasteiger partial charge is 0.394 e. The monoisotopic (exact) mass is 463 g/mol. The molecule has 174 valence electrons. The summed E-state index contributed by atoms with van der Waals surface area (Å²) in [5.41, 5.74) is -0.696. The van der Waals surface area contributed by atoms with E-state index in [2.05, 4.69) is 10.6 Å². The number of aliphatic hydroxyl groups is 1. The predicted molar refractivity (Wildman–Crippen MR) is 119 cm³/mol. The van der Waals surface area contributed by atoms with Crippen molar-refractivity contribution in [3.63, 3.8) is 0 Å². The molecule has 3 amide bonds. The molecule has 4 rings (SSSR count). The molecule has 3 N–H and O–H groups in total. The molecular weight excluding hydrogens is 434 g/mol. The number of nitrogens with one attached hydrogen (secondary N) is 2. The maximum atomic E-state index is 13.8. The molecule has 32 heavy (non-hydrogen) atoms. The molecule has 0 saturated carbocycles. The summed E-state index contributed by atoms with van der Waals surface area (Å²) in [6.07, 6.45) is 1.50. The lowest BCUT2D eigenvalue weighted by molar-refractivity contribution is -0.147. The summed E-state index contributed by atoms with van der Waals surface area (Å²) in [5.74, 6) is -2.51. The summed E-state index contributed by atoms with van der Waals surface area (Å²) in [6, 6.07) is 3.77. The van der Waals surface area contributed by atoms with E-state index in [1.54, 1.807) is 12.1 Å². The molecule has 3 heterocycles. The molecule has 3 aliphatic rings. The lowest BCUT2D eigenvalue weighted by Gasteiger charge is -2.36. The van der Waals surface area contributed by atoms with Crippen molar-refractivity contribution in [2.45, 2.75) is 63.3 Å². The molecule has 2 bridgehead atoms. The smallest absolute Gasteiger partial charge is 0.250 e. The second-order valence-electron chi connectivity index (χ2n) is 9.25. The average Bonchev–Trinajstić information content (AvgIpc) is 3.32. The highest BCUT2D eigenvalue weighted by Gasteiger charge is 2.78. The zero-order chi connectivity index (χ0) is 23.4. The third kappa shape index (κ3) is 3.07. The summed E-state index contributed by atoms with van der Waals surface area (Å²) < 4.78 is 6.48. The summed E-state index contributed by atoms with van der Waals surface area (Å²) in [4.78, 5) is 41.8. The number of aryl methyl sites for hydroxylation is 1. The first-order chi connectivity index (χ1) is 15.1. The van der Waals surface area contributed by atoms with Crippen LogP contribution in [0.5, 0.6) is 0 Å². The van der Waals surface area contributed by atoms with Gasteiger partial charge in [0.25, 0.3) is 0 Å². The predicted octanol–water partition coefficient (Wildman–Crippen LogP) is 1.87. The number of likely N-dealkylation sites (tertiary alicyclic amines) is 1. The van der Waals surface area contributed by atoms with E-state index < -0.39 is 41.0 Å². The van der Waals surface area contributed by atoms with Crippen molar-refractivity contribution in [2.24, 2.45) is 11.8 Å². The molecule has 1 aromatic rings. The molecule has 0 aliphatic carbocycles. The van der Waals surface area contributed by atoms with Crippen LogP contribution in [0.2, 0.25) is 5.02 Å². The minimum Gasteiger partial charge on any atom is -0.394 e. The fourth-order valence-corrected chi connectivity index (χ4v) is 6.28. The molecule has 3 aliphatic heterocycles. The van der Waals surface area contributed by atoms with Gasteiger partial charge in [-0.25, -0.2) is 0 Å². The first-order valence-corrected chi connectivity index (χ1v) is 11.4. The van der Waals surface area contributed by atoms with Gasteiger partial charge in [0.15, 0.2) is 0 Å². The Morgan fingerprint density at radius 1 is 1.34 bits per heavy atom. The van der Waals surface area contributed by atoms with Crippen LogP contribution < -0.4 is 10.6 Å². The molecular formula is C23H30ClN3O5. The number of amides is 3. The Labute approximate surface area is 192 Å². The van der Waals surface area contributed by atoms with Gasteiger partial charge in [0.1, 0.15) is 11.6 Å². The lowest BCUT2D eigenvalue weighted by atomic mass is 9.66. The van der Waals surface area contributed by atoms with Crippen LogP contribution in [-0.4, -0.2) is 64.7 Å². The Morgan fingerprint density at radius 3 is 2.66 bits per heavy atom. The Bertz CT molecular complexity index is 947. The Morgan fingerprint density at radius 2 is 2.06 bits per heavy atom. The van der Waals surface area contributed by atoms with Crippen molar-refractivity contribution in [1.29, 1.82) is 0 Å². The van der Waals surface area contributed by atoms with E-state index >= 15 is 0 Å². The van der Waals surface area contributed by atoms with E-state index in [0.29, 0.717) is 30.0 Å². The normalized spacial score (nSPS) is 33.9. The highest BCUT2D eigenvalue weighted by atomic mass is 35.5. The van der Waals surface area contributed by atoms with Crippen LogP contribution in [0.15, 0.2) is 18.2 Å². The van der Waals surface area contributed by atoms with E-state index in [9.17, 15) is 19.5 Å². The van der Waals surface area contributed by atoms with Crippen LogP contribution in [0.3, 0.4) is 0 Å². The van der Waals surface area contributed by atoms with Crippen molar-refractivity contribution in [3.05, 3.63) is 28.8 Å². The van der Waals surface area contributed by atoms with Crippen molar-refractivity contribution >= 4 is 35.0 Å². The number of rotatable bonds is 6. The standard InChI is InChI=1S/C23H30ClN3O5/c1-5-13(11-28)27-18(20(30)26-17-12(2)7-6-8-14(17)24)23-10-9-22(3,32-23)15(19(29)25-4)16(23)21(27)31/h6-8,13,15-16,18,28H,5,9-11H2,1-4H3,(H,25,29)(H,26,30)/t13-,15+,16-,18?,22-,23?/m0/s1. The van der Waals surface area contributed by atoms with E-state index in [1.165, 1.54) is 11.9 Å². The number of ether oxygens (including phenoxy) is 1. The van der Waals surface area contributed by atoms with Gasteiger partial charge in [-0.05, 0) is 44.7 Å². The van der Waals surface area contributed by atoms with Crippen LogP contribution in [0, 0.1) is 18.8 Å². The number of aliphatic hydroxyl groups excluding tert-OH is 1. The van der Waals surface area contributed by atoms with Crippen molar-refractivity contribution in [3.8, 4) is 0 Å². The highest BCUT2D eigenvalue weighted by Crippen LogP contribution is 2.63. The molecule has 3 fully saturated rings. The number of benzene rings is 1. The maximum absolute atomic E-state index is 13.8.